The molecule has 0 spiro atoms. The van der Waals surface area contributed by atoms with Crippen LogP contribution in [0, 0.1) is 0 Å². The maximum absolute atomic E-state index is 12.3. The predicted molar refractivity (Wildman–Crippen MR) is 31.4 cm³/mol. The van der Waals surface area contributed by atoms with E-state index in [4.69, 9.17) is 0 Å². The first-order valence-corrected chi connectivity index (χ1v) is 2.83. The summed E-state index contributed by atoms with van der Waals surface area (Å²) in [5, 5.41) is 0. The Labute approximate surface area is 53.0 Å². The normalized spacial score (nSPS) is 27.0. The number of alkyl halides is 1. The number of carbonyl (C=O) groups excluding carboxylic acids is 1. The fraction of sp³-hybridized carbons (Fsp3) is 0.500. The summed E-state index contributed by atoms with van der Waals surface area (Å²) in [5.41, 5.74) is 0. The third-order valence-corrected chi connectivity index (χ3v) is 1.39. The minimum Gasteiger partial charge on any atom is -0.317 e. The summed E-state index contributed by atoms with van der Waals surface area (Å²) in [7, 11) is 0. The summed E-state index contributed by atoms with van der Waals surface area (Å²) in [5.74, 6) is -0.454. The molecular formula is C6H8FNO. The predicted octanol–water partition coefficient (Wildman–Crippen LogP) is 0.700. The van der Waals surface area contributed by atoms with Crippen LogP contribution in [0.3, 0.4) is 0 Å². The summed E-state index contributed by atoms with van der Waals surface area (Å²) in [6.07, 6.45) is 0.384. The Morgan fingerprint density at radius 3 is 2.78 bits per heavy atom. The first-order chi connectivity index (χ1) is 4.25. The molecule has 1 heterocycles. The second-order valence-electron chi connectivity index (χ2n) is 1.97. The minimum atomic E-state index is -1.29. The Hall–Kier alpha value is -0.860. The van der Waals surface area contributed by atoms with Crippen molar-refractivity contribution >= 4 is 5.91 Å². The quantitative estimate of drug-likeness (QED) is 0.510. The third-order valence-electron chi connectivity index (χ3n) is 1.39. The van der Waals surface area contributed by atoms with E-state index in [1.54, 1.807) is 0 Å². The van der Waals surface area contributed by atoms with E-state index in [1.807, 2.05) is 0 Å². The molecule has 0 aliphatic carbocycles. The standard InChI is InChI=1S/C6H8FNO/c1-2-8-4-3-5(7)6(8)9/h2,5H,1,3-4H2. The van der Waals surface area contributed by atoms with E-state index in [9.17, 15) is 9.18 Å². The molecule has 1 aliphatic rings. The highest BCUT2D eigenvalue weighted by Crippen LogP contribution is 2.13. The molecule has 0 aromatic rings. The second-order valence-corrected chi connectivity index (χ2v) is 1.97. The van der Waals surface area contributed by atoms with Gasteiger partial charge in [0.05, 0.1) is 0 Å². The van der Waals surface area contributed by atoms with Crippen molar-refractivity contribution in [3.05, 3.63) is 12.8 Å². The van der Waals surface area contributed by atoms with E-state index in [0.29, 0.717) is 13.0 Å². The van der Waals surface area contributed by atoms with Crippen LogP contribution in [0.15, 0.2) is 12.8 Å². The smallest absolute Gasteiger partial charge is 0.261 e. The summed E-state index contributed by atoms with van der Waals surface area (Å²) >= 11 is 0. The van der Waals surface area contributed by atoms with Gasteiger partial charge in [0.15, 0.2) is 6.17 Å². The van der Waals surface area contributed by atoms with Crippen molar-refractivity contribution in [1.82, 2.24) is 4.90 Å². The van der Waals surface area contributed by atoms with Crippen molar-refractivity contribution < 1.29 is 9.18 Å². The second kappa shape index (κ2) is 2.17. The molecular weight excluding hydrogens is 121 g/mol. The van der Waals surface area contributed by atoms with E-state index in [2.05, 4.69) is 6.58 Å². The number of rotatable bonds is 1. The molecule has 3 heteroatoms. The Morgan fingerprint density at radius 1 is 1.89 bits per heavy atom. The largest absolute Gasteiger partial charge is 0.317 e. The number of amides is 1. The number of hydrogen-bond donors (Lipinski definition) is 0. The fourth-order valence-corrected chi connectivity index (χ4v) is 0.847. The number of hydrogen-bond acceptors (Lipinski definition) is 1. The monoisotopic (exact) mass is 129 g/mol. The molecule has 1 aliphatic heterocycles. The van der Waals surface area contributed by atoms with E-state index < -0.39 is 12.1 Å². The Balaban J connectivity index is 2.61. The molecule has 1 amide bonds. The lowest BCUT2D eigenvalue weighted by molar-refractivity contribution is -0.129. The maximum atomic E-state index is 12.3. The first-order valence-electron chi connectivity index (χ1n) is 2.83. The van der Waals surface area contributed by atoms with Crippen LogP contribution in [0.25, 0.3) is 0 Å². The van der Waals surface area contributed by atoms with Crippen LogP contribution in [0.4, 0.5) is 4.39 Å². The molecule has 0 aromatic carbocycles. The van der Waals surface area contributed by atoms with Crippen molar-refractivity contribution in [3.63, 3.8) is 0 Å². The van der Waals surface area contributed by atoms with Gasteiger partial charge < -0.3 is 4.90 Å². The van der Waals surface area contributed by atoms with Crippen LogP contribution in [-0.4, -0.2) is 23.5 Å². The zero-order valence-corrected chi connectivity index (χ0v) is 5.01. The molecule has 0 bridgehead atoms. The van der Waals surface area contributed by atoms with Gasteiger partial charge in [-0.1, -0.05) is 6.58 Å². The highest BCUT2D eigenvalue weighted by atomic mass is 19.1. The lowest BCUT2D eigenvalue weighted by Crippen LogP contribution is -2.21. The van der Waals surface area contributed by atoms with Crippen molar-refractivity contribution in [2.75, 3.05) is 6.54 Å². The Morgan fingerprint density at radius 2 is 2.56 bits per heavy atom. The van der Waals surface area contributed by atoms with Crippen molar-refractivity contribution in [2.45, 2.75) is 12.6 Å². The van der Waals surface area contributed by atoms with Gasteiger partial charge in [-0.05, 0) is 6.20 Å². The summed E-state index contributed by atoms with van der Waals surface area (Å²) < 4.78 is 12.3. The average molecular weight is 129 g/mol. The van der Waals surface area contributed by atoms with Gasteiger partial charge in [0, 0.05) is 13.0 Å². The minimum absolute atomic E-state index is 0.310. The van der Waals surface area contributed by atoms with Gasteiger partial charge in [0.25, 0.3) is 5.91 Å². The van der Waals surface area contributed by atoms with Crippen LogP contribution in [0.5, 0.6) is 0 Å². The zero-order chi connectivity index (χ0) is 6.85. The maximum Gasteiger partial charge on any atom is 0.261 e. The van der Waals surface area contributed by atoms with Crippen molar-refractivity contribution in [2.24, 2.45) is 0 Å². The van der Waals surface area contributed by atoms with Crippen LogP contribution < -0.4 is 0 Å². The SMILES string of the molecule is C=CN1CCC(F)C1=O. The summed E-state index contributed by atoms with van der Waals surface area (Å²) in [4.78, 5) is 11.9. The van der Waals surface area contributed by atoms with Crippen LogP contribution in [0.1, 0.15) is 6.42 Å². The number of halogens is 1. The first kappa shape index (κ1) is 6.26. The Kier molecular flexibility index (Phi) is 1.51. The lowest BCUT2D eigenvalue weighted by atomic mass is 10.3. The van der Waals surface area contributed by atoms with Gasteiger partial charge in [-0.2, -0.15) is 0 Å². The lowest BCUT2D eigenvalue weighted by Gasteiger charge is -2.05. The Bertz CT molecular complexity index is 146. The molecule has 9 heavy (non-hydrogen) atoms. The van der Waals surface area contributed by atoms with E-state index >= 15 is 0 Å². The molecule has 1 unspecified atom stereocenters. The van der Waals surface area contributed by atoms with Gasteiger partial charge in [-0.15, -0.1) is 0 Å². The molecule has 1 rings (SSSR count). The molecule has 2 nitrogen and oxygen atoms in total. The molecule has 0 saturated carbocycles. The molecule has 0 aromatic heterocycles. The van der Waals surface area contributed by atoms with Gasteiger partial charge in [-0.25, -0.2) is 4.39 Å². The fourth-order valence-electron chi connectivity index (χ4n) is 0.847. The van der Waals surface area contributed by atoms with Crippen LogP contribution >= 0.6 is 0 Å². The highest BCUT2D eigenvalue weighted by Gasteiger charge is 2.29. The van der Waals surface area contributed by atoms with E-state index in [0.717, 1.165) is 0 Å². The summed E-state index contributed by atoms with van der Waals surface area (Å²) in [6.45, 7) is 3.84. The third kappa shape index (κ3) is 0.943. The van der Waals surface area contributed by atoms with Crippen LogP contribution in [-0.2, 0) is 4.79 Å². The van der Waals surface area contributed by atoms with Crippen molar-refractivity contribution in [1.29, 1.82) is 0 Å². The van der Waals surface area contributed by atoms with Gasteiger partial charge in [-0.3, -0.25) is 4.79 Å². The van der Waals surface area contributed by atoms with Crippen LogP contribution in [0.2, 0.25) is 0 Å². The average Bonchev–Trinajstić information content (AvgIpc) is 2.15. The van der Waals surface area contributed by atoms with Gasteiger partial charge >= 0.3 is 0 Å². The number of nitrogens with zero attached hydrogens (tertiary/aromatic N) is 1. The number of carbonyl (C=O) groups is 1. The van der Waals surface area contributed by atoms with E-state index in [-0.39, 0.29) is 0 Å². The van der Waals surface area contributed by atoms with Crippen molar-refractivity contribution in [3.8, 4) is 0 Å². The molecule has 1 saturated heterocycles. The molecule has 0 N–H and O–H groups in total. The molecule has 1 atom stereocenters. The van der Waals surface area contributed by atoms with E-state index in [1.165, 1.54) is 11.1 Å². The topological polar surface area (TPSA) is 20.3 Å². The molecule has 50 valence electrons. The van der Waals surface area contributed by atoms with Gasteiger partial charge in [0.1, 0.15) is 0 Å². The van der Waals surface area contributed by atoms with Gasteiger partial charge in [0.2, 0.25) is 0 Å². The summed E-state index contributed by atoms with van der Waals surface area (Å²) in [6, 6.07) is 0. The zero-order valence-electron chi connectivity index (χ0n) is 5.01. The molecule has 0 radical (unpaired) electrons. The highest BCUT2D eigenvalue weighted by molar-refractivity contribution is 5.83. The molecule has 1 fully saturated rings. The number of likely N-dealkylation sites (tertiary alicyclic amines) is 1.